The Morgan fingerprint density at radius 3 is 2.52 bits per heavy atom. The number of para-hydroxylation sites is 1. The Kier molecular flexibility index (Phi) is 6.46. The maximum atomic E-state index is 13.6. The average Bonchev–Trinajstić information content (AvgIpc) is 3.13. The van der Waals surface area contributed by atoms with E-state index in [1.165, 1.54) is 11.3 Å². The summed E-state index contributed by atoms with van der Waals surface area (Å²) < 4.78 is 18.2. The standard InChI is InChI=1S/C25H24N2O5S/c1-5-32-24(29)21-15(2)26-25-27(22(21)18-8-6-7-9-19(18)31-4)23(28)20(33-25)14-16-10-12-17(30-3)13-11-16/h6-14,22H,5H2,1-4H3/b20-14-/t22-/m0/s1. The maximum Gasteiger partial charge on any atom is 0.338 e. The number of hydrogen-bond donors (Lipinski definition) is 0. The normalized spacial score (nSPS) is 15.6. The van der Waals surface area contributed by atoms with Crippen LogP contribution in [0.4, 0.5) is 0 Å². The van der Waals surface area contributed by atoms with Gasteiger partial charge in [0.2, 0.25) is 0 Å². The van der Waals surface area contributed by atoms with Crippen molar-refractivity contribution in [2.24, 2.45) is 4.99 Å². The highest BCUT2D eigenvalue weighted by Gasteiger charge is 2.34. The number of fused-ring (bicyclic) bond motifs is 1. The zero-order chi connectivity index (χ0) is 23.5. The lowest BCUT2D eigenvalue weighted by molar-refractivity contribution is -0.139. The minimum absolute atomic E-state index is 0.218. The lowest BCUT2D eigenvalue weighted by atomic mass is 9.95. The van der Waals surface area contributed by atoms with Crippen LogP contribution in [0.25, 0.3) is 6.08 Å². The molecule has 0 saturated carbocycles. The first-order chi connectivity index (χ1) is 16.0. The molecule has 0 radical (unpaired) electrons. The summed E-state index contributed by atoms with van der Waals surface area (Å²) in [5.41, 5.74) is 2.15. The molecule has 3 aromatic rings. The van der Waals surface area contributed by atoms with Crippen molar-refractivity contribution < 1.29 is 19.0 Å². The van der Waals surface area contributed by atoms with E-state index in [4.69, 9.17) is 14.2 Å². The fourth-order valence-electron chi connectivity index (χ4n) is 3.83. The fourth-order valence-corrected chi connectivity index (χ4v) is 4.88. The predicted octanol–water partition coefficient (Wildman–Crippen LogP) is 2.82. The molecule has 0 saturated heterocycles. The summed E-state index contributed by atoms with van der Waals surface area (Å²) in [6.07, 6.45) is 1.81. The van der Waals surface area contributed by atoms with Gasteiger partial charge in [0.1, 0.15) is 17.5 Å². The number of ether oxygens (including phenoxy) is 3. The number of carbonyl (C=O) groups is 1. The highest BCUT2D eigenvalue weighted by Crippen LogP contribution is 2.35. The van der Waals surface area contributed by atoms with Crippen LogP contribution in [0.2, 0.25) is 0 Å². The Bertz CT molecular complexity index is 1400. The first-order valence-electron chi connectivity index (χ1n) is 10.4. The van der Waals surface area contributed by atoms with Crippen LogP contribution in [0.1, 0.15) is 31.0 Å². The summed E-state index contributed by atoms with van der Waals surface area (Å²) in [4.78, 5) is 31.7. The molecule has 0 aliphatic carbocycles. The number of aromatic nitrogens is 1. The highest BCUT2D eigenvalue weighted by atomic mass is 32.1. The quantitative estimate of drug-likeness (QED) is 0.524. The molecule has 1 aliphatic heterocycles. The van der Waals surface area contributed by atoms with Crippen molar-refractivity contribution in [1.82, 2.24) is 4.57 Å². The molecule has 8 heteroatoms. The first-order valence-corrected chi connectivity index (χ1v) is 11.3. The van der Waals surface area contributed by atoms with E-state index in [9.17, 15) is 9.59 Å². The molecule has 1 atom stereocenters. The number of thiazole rings is 1. The van der Waals surface area contributed by atoms with Crippen molar-refractivity contribution in [1.29, 1.82) is 0 Å². The van der Waals surface area contributed by atoms with Crippen molar-refractivity contribution >= 4 is 23.4 Å². The minimum atomic E-state index is -0.713. The van der Waals surface area contributed by atoms with Gasteiger partial charge in [-0.1, -0.05) is 41.7 Å². The van der Waals surface area contributed by atoms with E-state index in [1.54, 1.807) is 38.7 Å². The molecular formula is C25H24N2O5S. The van der Waals surface area contributed by atoms with Gasteiger partial charge in [-0.2, -0.15) is 0 Å². The molecule has 0 spiro atoms. The van der Waals surface area contributed by atoms with E-state index in [0.29, 0.717) is 31.9 Å². The third-order valence-corrected chi connectivity index (χ3v) is 6.35. The number of rotatable bonds is 6. The number of esters is 1. The number of allylic oxidation sites excluding steroid dienone is 1. The summed E-state index contributed by atoms with van der Waals surface area (Å²) in [7, 11) is 3.17. The van der Waals surface area contributed by atoms with Gasteiger partial charge in [0.25, 0.3) is 5.56 Å². The summed E-state index contributed by atoms with van der Waals surface area (Å²) in [5, 5.41) is 0. The molecule has 4 rings (SSSR count). The third kappa shape index (κ3) is 4.21. The Morgan fingerprint density at radius 1 is 1.12 bits per heavy atom. The molecule has 0 bridgehead atoms. The van der Waals surface area contributed by atoms with Crippen molar-refractivity contribution in [3.05, 3.63) is 90.6 Å². The van der Waals surface area contributed by atoms with Crippen molar-refractivity contribution in [3.63, 3.8) is 0 Å². The van der Waals surface area contributed by atoms with Crippen LogP contribution in [0, 0.1) is 0 Å². The topological polar surface area (TPSA) is 79.1 Å². The number of benzene rings is 2. The molecule has 0 fully saturated rings. The van der Waals surface area contributed by atoms with Crippen LogP contribution in [0.5, 0.6) is 11.5 Å². The molecule has 2 aromatic carbocycles. The smallest absolute Gasteiger partial charge is 0.338 e. The van der Waals surface area contributed by atoms with Crippen LogP contribution in [0.3, 0.4) is 0 Å². The Labute approximate surface area is 194 Å². The number of methoxy groups -OCH3 is 2. The second kappa shape index (κ2) is 9.46. The second-order valence-electron chi connectivity index (χ2n) is 7.32. The molecular weight excluding hydrogens is 440 g/mol. The third-order valence-electron chi connectivity index (χ3n) is 5.36. The predicted molar refractivity (Wildman–Crippen MR) is 126 cm³/mol. The van der Waals surface area contributed by atoms with E-state index in [1.807, 2.05) is 48.5 Å². The van der Waals surface area contributed by atoms with E-state index < -0.39 is 12.0 Å². The van der Waals surface area contributed by atoms with Gasteiger partial charge in [-0.3, -0.25) is 9.36 Å². The SMILES string of the molecule is CCOC(=O)C1=C(C)N=c2s/c(=C\c3ccc(OC)cc3)c(=O)n2[C@H]1c1ccccc1OC. The molecule has 1 aliphatic rings. The summed E-state index contributed by atoms with van der Waals surface area (Å²) in [6.45, 7) is 3.72. The number of carbonyl (C=O) groups excluding carboxylic acids is 1. The van der Waals surface area contributed by atoms with E-state index in [-0.39, 0.29) is 12.2 Å². The van der Waals surface area contributed by atoms with Gasteiger partial charge in [-0.25, -0.2) is 9.79 Å². The largest absolute Gasteiger partial charge is 0.497 e. The lowest BCUT2D eigenvalue weighted by Crippen LogP contribution is -2.40. The van der Waals surface area contributed by atoms with Crippen molar-refractivity contribution in [2.75, 3.05) is 20.8 Å². The van der Waals surface area contributed by atoms with Gasteiger partial charge in [0.15, 0.2) is 4.80 Å². The molecule has 1 aromatic heterocycles. The zero-order valence-electron chi connectivity index (χ0n) is 18.8. The first kappa shape index (κ1) is 22.5. The van der Waals surface area contributed by atoms with Crippen LogP contribution >= 0.6 is 11.3 Å². The summed E-state index contributed by atoms with van der Waals surface area (Å²) >= 11 is 1.28. The van der Waals surface area contributed by atoms with Crippen LogP contribution in [0.15, 0.2) is 69.6 Å². The fraction of sp³-hybridized carbons (Fsp3) is 0.240. The van der Waals surface area contributed by atoms with Gasteiger partial charge < -0.3 is 14.2 Å². The van der Waals surface area contributed by atoms with Crippen LogP contribution in [-0.4, -0.2) is 31.4 Å². The molecule has 0 N–H and O–H groups in total. The Hall–Kier alpha value is -3.65. The molecule has 2 heterocycles. The van der Waals surface area contributed by atoms with Gasteiger partial charge in [-0.05, 0) is 43.7 Å². The minimum Gasteiger partial charge on any atom is -0.497 e. The highest BCUT2D eigenvalue weighted by molar-refractivity contribution is 7.07. The van der Waals surface area contributed by atoms with E-state index in [2.05, 4.69) is 4.99 Å². The van der Waals surface area contributed by atoms with Crippen molar-refractivity contribution in [3.8, 4) is 11.5 Å². The molecule has 0 amide bonds. The summed E-state index contributed by atoms with van der Waals surface area (Å²) in [6, 6.07) is 14.1. The Morgan fingerprint density at radius 2 is 1.85 bits per heavy atom. The molecule has 0 unspecified atom stereocenters. The molecule has 33 heavy (non-hydrogen) atoms. The molecule has 170 valence electrons. The van der Waals surface area contributed by atoms with E-state index in [0.717, 1.165) is 11.3 Å². The molecule has 7 nitrogen and oxygen atoms in total. The number of hydrogen-bond acceptors (Lipinski definition) is 7. The van der Waals surface area contributed by atoms with E-state index >= 15 is 0 Å². The summed E-state index contributed by atoms with van der Waals surface area (Å²) in [5.74, 6) is 0.808. The monoisotopic (exact) mass is 464 g/mol. The van der Waals surface area contributed by atoms with Crippen LogP contribution in [-0.2, 0) is 9.53 Å². The zero-order valence-corrected chi connectivity index (χ0v) is 19.6. The van der Waals surface area contributed by atoms with Gasteiger partial charge in [0.05, 0.1) is 36.6 Å². The maximum absolute atomic E-state index is 13.6. The van der Waals surface area contributed by atoms with Crippen LogP contribution < -0.4 is 24.4 Å². The van der Waals surface area contributed by atoms with Gasteiger partial charge in [-0.15, -0.1) is 0 Å². The van der Waals surface area contributed by atoms with Gasteiger partial charge >= 0.3 is 5.97 Å². The lowest BCUT2D eigenvalue weighted by Gasteiger charge is -2.25. The number of nitrogens with zero attached hydrogens (tertiary/aromatic N) is 2. The second-order valence-corrected chi connectivity index (χ2v) is 8.33. The average molecular weight is 465 g/mol. The Balaban J connectivity index is 1.95. The van der Waals surface area contributed by atoms with Gasteiger partial charge in [0, 0.05) is 5.56 Å². The van der Waals surface area contributed by atoms with Crippen molar-refractivity contribution in [2.45, 2.75) is 19.9 Å².